The highest BCUT2D eigenvalue weighted by Gasteiger charge is 2.26. The number of aliphatic hydroxyl groups excluding tert-OH is 1. The number of amides is 2. The van der Waals surface area contributed by atoms with Gasteiger partial charge < -0.3 is 20.5 Å². The third kappa shape index (κ3) is 9.44. The monoisotopic (exact) mass is 625 g/mol. The molecule has 2 aromatic heterocycles. The molecule has 0 radical (unpaired) electrons. The molecule has 1 fully saturated rings. The predicted molar refractivity (Wildman–Crippen MR) is 173 cm³/mol. The van der Waals surface area contributed by atoms with Gasteiger partial charge in [-0.1, -0.05) is 44.6 Å². The van der Waals surface area contributed by atoms with Crippen molar-refractivity contribution in [2.75, 3.05) is 33.3 Å². The lowest BCUT2D eigenvalue weighted by Gasteiger charge is -2.30. The Kier molecular flexibility index (Phi) is 13.3. The second-order valence-corrected chi connectivity index (χ2v) is 12.9. The quantitative estimate of drug-likeness (QED) is 0.188. The first-order chi connectivity index (χ1) is 21.4. The van der Waals surface area contributed by atoms with Crippen molar-refractivity contribution in [3.63, 3.8) is 0 Å². The van der Waals surface area contributed by atoms with E-state index in [2.05, 4.69) is 15.7 Å². The first kappa shape index (κ1) is 33.8. The van der Waals surface area contributed by atoms with E-state index >= 15 is 0 Å². The molecule has 0 saturated carbocycles. The van der Waals surface area contributed by atoms with Crippen LogP contribution in [-0.2, 0) is 27.1 Å². The number of aliphatic hydroxyl groups is 1. The summed E-state index contributed by atoms with van der Waals surface area (Å²) in [6, 6.07) is 9.29. The number of hydrogen-bond acceptors (Lipinski definition) is 6. The van der Waals surface area contributed by atoms with Gasteiger partial charge >= 0.3 is 0 Å². The number of nitrogens with zero attached hydrogens (tertiary/aromatic N) is 3. The number of unbranched alkanes of at least 4 members (excludes halogenated alkanes) is 7. The Bertz CT molecular complexity index is 1400. The molecule has 3 heterocycles. The predicted octanol–water partition coefficient (Wildman–Crippen LogP) is 4.61. The van der Waals surface area contributed by atoms with Crippen molar-refractivity contribution in [2.24, 2.45) is 0 Å². The fourth-order valence-electron chi connectivity index (χ4n) is 5.62. The van der Waals surface area contributed by atoms with Gasteiger partial charge in [-0.3, -0.25) is 9.59 Å². The summed E-state index contributed by atoms with van der Waals surface area (Å²) in [4.78, 5) is 24.6. The second kappa shape index (κ2) is 17.4. The number of carbonyl (C=O) groups excluding carboxylic acids is 2. The highest BCUT2D eigenvalue weighted by Crippen LogP contribution is 2.31. The minimum Gasteiger partial charge on any atom is -0.392 e. The van der Waals surface area contributed by atoms with Gasteiger partial charge in [-0.2, -0.15) is 5.10 Å². The average molecular weight is 626 g/mol. The number of benzene rings is 1. The van der Waals surface area contributed by atoms with Crippen LogP contribution in [0.1, 0.15) is 87.1 Å². The van der Waals surface area contributed by atoms with E-state index in [-0.39, 0.29) is 24.5 Å². The fourth-order valence-corrected chi connectivity index (χ4v) is 7.04. The molecule has 3 N–H and O–H groups in total. The summed E-state index contributed by atoms with van der Waals surface area (Å²) >= 11 is 0. The average Bonchev–Trinajstić information content (AvgIpc) is 3.47. The van der Waals surface area contributed by atoms with Gasteiger partial charge in [-0.25, -0.2) is 13.0 Å². The Morgan fingerprint density at radius 1 is 0.977 bits per heavy atom. The maximum absolute atomic E-state index is 14.0. The fraction of sp³-hybridized carbons (Fsp3) is 0.545. The first-order valence-electron chi connectivity index (χ1n) is 15.8. The van der Waals surface area contributed by atoms with Gasteiger partial charge in [0.25, 0.3) is 5.91 Å². The number of ether oxygens (including phenoxy) is 1. The van der Waals surface area contributed by atoms with E-state index in [0.29, 0.717) is 35.7 Å². The van der Waals surface area contributed by atoms with Crippen LogP contribution in [0.3, 0.4) is 0 Å². The molecule has 1 saturated heterocycles. The number of pyridine rings is 1. The minimum atomic E-state index is -1.47. The Hall–Kier alpha value is -3.12. The molecule has 240 valence electrons. The number of carbonyl (C=O) groups is 2. The summed E-state index contributed by atoms with van der Waals surface area (Å²) in [5.74, 6) is -0.134. The molecular formula is C33H47N5O5S. The Balaban J connectivity index is 1.36. The van der Waals surface area contributed by atoms with Crippen LogP contribution >= 0.6 is 0 Å². The largest absolute Gasteiger partial charge is 0.392 e. The summed E-state index contributed by atoms with van der Waals surface area (Å²) in [7, 11) is 0.246. The van der Waals surface area contributed by atoms with Crippen LogP contribution in [0.5, 0.6) is 0 Å². The lowest BCUT2D eigenvalue weighted by Crippen LogP contribution is -2.38. The number of rotatable bonds is 17. The Labute approximate surface area is 263 Å². The van der Waals surface area contributed by atoms with E-state index in [1.807, 2.05) is 28.7 Å². The van der Waals surface area contributed by atoms with Crippen molar-refractivity contribution in [1.82, 2.24) is 24.6 Å². The van der Waals surface area contributed by atoms with E-state index in [1.165, 1.54) is 19.3 Å². The summed E-state index contributed by atoms with van der Waals surface area (Å²) in [5.41, 5.74) is 3.63. The molecule has 1 aromatic carbocycles. The van der Waals surface area contributed by atoms with Crippen LogP contribution in [0, 0.1) is 0 Å². The van der Waals surface area contributed by atoms with Crippen LogP contribution in [0.4, 0.5) is 0 Å². The molecule has 2 amide bonds. The van der Waals surface area contributed by atoms with Crippen LogP contribution in [0.15, 0.2) is 47.6 Å². The van der Waals surface area contributed by atoms with Gasteiger partial charge in [-0.05, 0) is 61.1 Å². The lowest BCUT2D eigenvalue weighted by atomic mass is 10.0. The number of fused-ring (bicyclic) bond motifs is 1. The molecule has 1 atom stereocenters. The maximum atomic E-state index is 14.0. The van der Waals surface area contributed by atoms with Crippen LogP contribution in [0.2, 0.25) is 0 Å². The lowest BCUT2D eigenvalue weighted by molar-refractivity contribution is -0.118. The van der Waals surface area contributed by atoms with Gasteiger partial charge in [0.2, 0.25) is 5.91 Å². The number of aromatic nitrogens is 2. The summed E-state index contributed by atoms with van der Waals surface area (Å²) < 4.78 is 23.1. The van der Waals surface area contributed by atoms with Crippen LogP contribution < -0.4 is 10.6 Å². The highest BCUT2D eigenvalue weighted by atomic mass is 32.2. The summed E-state index contributed by atoms with van der Waals surface area (Å²) in [6.07, 6.45) is 14.1. The zero-order valence-electron chi connectivity index (χ0n) is 26.1. The molecular weight excluding hydrogens is 578 g/mol. The normalized spacial score (nSPS) is 15.0. The third-order valence-corrected chi connectivity index (χ3v) is 9.79. The van der Waals surface area contributed by atoms with Crippen LogP contribution in [-0.4, -0.2) is 74.4 Å². The zero-order valence-corrected chi connectivity index (χ0v) is 26.9. The van der Waals surface area contributed by atoms with Crippen molar-refractivity contribution >= 4 is 28.3 Å². The smallest absolute Gasteiger partial charge is 0.251 e. The molecule has 1 unspecified atom stereocenters. The highest BCUT2D eigenvalue weighted by molar-refractivity contribution is 7.82. The topological polar surface area (TPSA) is 125 Å². The SMILES string of the molecule is COC1CCN(S(=O)c2cc(C(=O)NCCCCCCCCCCNC(C)=O)ccc2-c2ccn3ncc(CO)c3c2)CC1. The summed E-state index contributed by atoms with van der Waals surface area (Å²) in [5, 5.41) is 19.9. The number of nitrogens with one attached hydrogen (secondary N) is 2. The standard InChI is InChI=1S/C33H47N5O5S/c1-25(40)34-16-9-7-5-3-4-6-8-10-17-35-33(41)27-11-12-30(26-13-20-38-31(21-26)28(24-39)23-36-38)32(22-27)44(42)37-18-14-29(43-2)15-19-37/h11-13,20-23,29,39H,3-10,14-19,24H2,1-2H3,(H,34,40)(H,35,41). The van der Waals surface area contributed by atoms with Crippen molar-refractivity contribution in [3.8, 4) is 11.1 Å². The zero-order chi connectivity index (χ0) is 31.3. The van der Waals surface area contributed by atoms with Crippen molar-refractivity contribution in [1.29, 1.82) is 0 Å². The Morgan fingerprint density at radius 3 is 2.27 bits per heavy atom. The molecule has 0 aliphatic carbocycles. The van der Waals surface area contributed by atoms with Crippen LogP contribution in [0.25, 0.3) is 16.6 Å². The van der Waals surface area contributed by atoms with Gasteiger partial charge in [0.15, 0.2) is 0 Å². The maximum Gasteiger partial charge on any atom is 0.251 e. The van der Waals surface area contributed by atoms with Gasteiger partial charge in [0.05, 0.1) is 29.3 Å². The van der Waals surface area contributed by atoms with E-state index in [9.17, 15) is 18.9 Å². The molecule has 0 bridgehead atoms. The minimum absolute atomic E-state index is 0.0322. The third-order valence-electron chi connectivity index (χ3n) is 8.25. The van der Waals surface area contributed by atoms with E-state index in [4.69, 9.17) is 4.74 Å². The second-order valence-electron chi connectivity index (χ2n) is 11.5. The molecule has 1 aliphatic heterocycles. The molecule has 44 heavy (non-hydrogen) atoms. The molecule has 0 spiro atoms. The van der Waals surface area contributed by atoms with E-state index < -0.39 is 11.0 Å². The molecule has 11 heteroatoms. The van der Waals surface area contributed by atoms with Gasteiger partial charge in [0.1, 0.15) is 11.0 Å². The number of piperidine rings is 1. The molecule has 3 aromatic rings. The van der Waals surface area contributed by atoms with Crippen molar-refractivity contribution in [2.45, 2.75) is 88.7 Å². The Morgan fingerprint density at radius 2 is 1.64 bits per heavy atom. The van der Waals surface area contributed by atoms with Crippen molar-refractivity contribution < 1.29 is 23.6 Å². The van der Waals surface area contributed by atoms with Gasteiger partial charge in [-0.15, -0.1) is 0 Å². The van der Waals surface area contributed by atoms with E-state index in [0.717, 1.165) is 68.1 Å². The molecule has 10 nitrogen and oxygen atoms in total. The summed E-state index contributed by atoms with van der Waals surface area (Å²) in [6.45, 7) is 4.08. The first-order valence-corrected chi connectivity index (χ1v) is 17.0. The van der Waals surface area contributed by atoms with E-state index in [1.54, 1.807) is 36.9 Å². The van der Waals surface area contributed by atoms with Gasteiger partial charge in [0, 0.05) is 57.5 Å². The molecule has 1 aliphatic rings. The molecule has 4 rings (SSSR count). The van der Waals surface area contributed by atoms with Crippen molar-refractivity contribution in [3.05, 3.63) is 53.9 Å². The number of hydrogen-bond donors (Lipinski definition) is 3. The number of methoxy groups -OCH3 is 1.